The fraction of sp³-hybridized carbons (Fsp3) is 0.769. The lowest BCUT2D eigenvalue weighted by Gasteiger charge is -2.23. The van der Waals surface area contributed by atoms with Crippen LogP contribution in [-0.2, 0) is 6.42 Å². The number of hydrogen-bond acceptors (Lipinski definition) is 5. The molecule has 1 aromatic heterocycles. The number of aliphatic hydroxyl groups excluding tert-OH is 1. The predicted molar refractivity (Wildman–Crippen MR) is 72.1 cm³/mol. The lowest BCUT2D eigenvalue weighted by atomic mass is 10.1. The van der Waals surface area contributed by atoms with Gasteiger partial charge in [-0.1, -0.05) is 11.6 Å². The van der Waals surface area contributed by atoms with Gasteiger partial charge >= 0.3 is 6.03 Å². The fourth-order valence-electron chi connectivity index (χ4n) is 2.52. The van der Waals surface area contributed by atoms with Crippen LogP contribution in [0.1, 0.15) is 31.0 Å². The van der Waals surface area contributed by atoms with Crippen molar-refractivity contribution in [2.24, 2.45) is 5.92 Å². The van der Waals surface area contributed by atoms with E-state index in [2.05, 4.69) is 15.5 Å². The Hall–Kier alpha value is -1.63. The van der Waals surface area contributed by atoms with E-state index in [-0.39, 0.29) is 18.1 Å². The molecule has 20 heavy (non-hydrogen) atoms. The van der Waals surface area contributed by atoms with E-state index in [4.69, 9.17) is 4.52 Å². The molecular weight excluding hydrogens is 260 g/mol. The molecule has 0 saturated heterocycles. The van der Waals surface area contributed by atoms with E-state index in [1.807, 2.05) is 0 Å². The second-order valence-electron chi connectivity index (χ2n) is 5.36. The van der Waals surface area contributed by atoms with Crippen LogP contribution in [0.25, 0.3) is 0 Å². The molecule has 2 rings (SSSR count). The second-order valence-corrected chi connectivity index (χ2v) is 5.36. The molecule has 2 atom stereocenters. The molecule has 0 spiro atoms. The van der Waals surface area contributed by atoms with E-state index in [0.717, 1.165) is 19.3 Å². The van der Waals surface area contributed by atoms with Crippen molar-refractivity contribution in [1.82, 2.24) is 20.4 Å². The minimum absolute atomic E-state index is 0.139. The number of carbonyl (C=O) groups excluding carboxylic acids is 1. The lowest BCUT2D eigenvalue weighted by molar-refractivity contribution is 0.114. The molecule has 112 valence electrons. The number of amides is 2. The first-order valence-corrected chi connectivity index (χ1v) is 7.02. The molecule has 2 amide bonds. The van der Waals surface area contributed by atoms with Gasteiger partial charge in [0.15, 0.2) is 5.82 Å². The van der Waals surface area contributed by atoms with Gasteiger partial charge in [-0.05, 0) is 19.8 Å². The highest BCUT2D eigenvalue weighted by molar-refractivity contribution is 5.73. The summed E-state index contributed by atoms with van der Waals surface area (Å²) in [6, 6.07) is -0.139. The molecular formula is C13H22N4O3. The number of rotatable bonds is 5. The standard InChI is InChI=1S/C13H22N4O3/c1-9-15-12(20-16-9)6-7-14-13(19)17(2)8-10-4-3-5-11(10)18/h10-11,18H,3-8H2,1-2H3,(H,14,19). The van der Waals surface area contributed by atoms with Gasteiger partial charge in [-0.2, -0.15) is 4.98 Å². The van der Waals surface area contributed by atoms with Gasteiger partial charge in [-0.3, -0.25) is 0 Å². The maximum absolute atomic E-state index is 11.9. The third-order valence-electron chi connectivity index (χ3n) is 3.66. The Morgan fingerprint density at radius 2 is 2.35 bits per heavy atom. The normalized spacial score (nSPS) is 21.9. The van der Waals surface area contributed by atoms with Crippen molar-refractivity contribution in [1.29, 1.82) is 0 Å². The molecule has 1 heterocycles. The molecule has 2 N–H and O–H groups in total. The van der Waals surface area contributed by atoms with Crippen LogP contribution in [0.2, 0.25) is 0 Å². The van der Waals surface area contributed by atoms with Crippen LogP contribution >= 0.6 is 0 Å². The van der Waals surface area contributed by atoms with E-state index in [9.17, 15) is 9.90 Å². The van der Waals surface area contributed by atoms with E-state index >= 15 is 0 Å². The molecule has 1 fully saturated rings. The highest BCUT2D eigenvalue weighted by Gasteiger charge is 2.27. The predicted octanol–water partition coefficient (Wildman–Crippen LogP) is 0.723. The average Bonchev–Trinajstić information content (AvgIpc) is 2.99. The van der Waals surface area contributed by atoms with Crippen molar-refractivity contribution in [3.8, 4) is 0 Å². The first-order chi connectivity index (χ1) is 9.56. The van der Waals surface area contributed by atoms with Crippen molar-refractivity contribution in [3.63, 3.8) is 0 Å². The molecule has 7 nitrogen and oxygen atoms in total. The molecule has 2 unspecified atom stereocenters. The van der Waals surface area contributed by atoms with E-state index in [0.29, 0.717) is 31.2 Å². The average molecular weight is 282 g/mol. The summed E-state index contributed by atoms with van der Waals surface area (Å²) < 4.78 is 4.97. The van der Waals surface area contributed by atoms with E-state index < -0.39 is 0 Å². The first-order valence-electron chi connectivity index (χ1n) is 7.02. The van der Waals surface area contributed by atoms with Crippen LogP contribution in [0.5, 0.6) is 0 Å². The van der Waals surface area contributed by atoms with Crippen LogP contribution in [0.4, 0.5) is 4.79 Å². The molecule has 0 radical (unpaired) electrons. The molecule has 0 aliphatic heterocycles. The summed E-state index contributed by atoms with van der Waals surface area (Å²) >= 11 is 0. The quantitative estimate of drug-likeness (QED) is 0.830. The van der Waals surface area contributed by atoms with Gasteiger partial charge in [0, 0.05) is 32.5 Å². The molecule has 1 aromatic rings. The van der Waals surface area contributed by atoms with Gasteiger partial charge < -0.3 is 19.8 Å². The van der Waals surface area contributed by atoms with Crippen molar-refractivity contribution < 1.29 is 14.4 Å². The Morgan fingerprint density at radius 3 is 2.95 bits per heavy atom. The van der Waals surface area contributed by atoms with Crippen LogP contribution in [0, 0.1) is 12.8 Å². The van der Waals surface area contributed by atoms with Crippen molar-refractivity contribution in [3.05, 3.63) is 11.7 Å². The summed E-state index contributed by atoms with van der Waals surface area (Å²) in [5, 5.41) is 16.3. The molecule has 0 bridgehead atoms. The molecule has 1 aliphatic carbocycles. The lowest BCUT2D eigenvalue weighted by Crippen LogP contribution is -2.41. The third-order valence-corrected chi connectivity index (χ3v) is 3.66. The van der Waals surface area contributed by atoms with Crippen LogP contribution < -0.4 is 5.32 Å². The Bertz CT molecular complexity index is 449. The first kappa shape index (κ1) is 14.8. The zero-order valence-electron chi connectivity index (χ0n) is 12.0. The third kappa shape index (κ3) is 3.93. The van der Waals surface area contributed by atoms with Crippen molar-refractivity contribution in [2.75, 3.05) is 20.1 Å². The number of aromatic nitrogens is 2. The summed E-state index contributed by atoms with van der Waals surface area (Å²) in [4.78, 5) is 17.6. The van der Waals surface area contributed by atoms with Crippen LogP contribution in [-0.4, -0.2) is 52.4 Å². The largest absolute Gasteiger partial charge is 0.393 e. The smallest absolute Gasteiger partial charge is 0.317 e. The number of nitrogens with zero attached hydrogens (tertiary/aromatic N) is 3. The van der Waals surface area contributed by atoms with Gasteiger partial charge in [0.25, 0.3) is 0 Å². The Balaban J connectivity index is 1.68. The summed E-state index contributed by atoms with van der Waals surface area (Å²) in [6.45, 7) is 2.80. The molecule has 1 aliphatic rings. The Labute approximate surface area is 118 Å². The van der Waals surface area contributed by atoms with Gasteiger partial charge in [-0.25, -0.2) is 4.79 Å². The van der Waals surface area contributed by atoms with Gasteiger partial charge in [0.2, 0.25) is 5.89 Å². The number of urea groups is 1. The van der Waals surface area contributed by atoms with Gasteiger partial charge in [-0.15, -0.1) is 0 Å². The topological polar surface area (TPSA) is 91.5 Å². The van der Waals surface area contributed by atoms with Gasteiger partial charge in [0.05, 0.1) is 6.10 Å². The summed E-state index contributed by atoms with van der Waals surface area (Å²) in [7, 11) is 1.75. The SMILES string of the molecule is Cc1noc(CCNC(=O)N(C)CC2CCCC2O)n1. The number of hydrogen-bond donors (Lipinski definition) is 2. The van der Waals surface area contributed by atoms with Crippen LogP contribution in [0.15, 0.2) is 4.52 Å². The minimum atomic E-state index is -0.272. The van der Waals surface area contributed by atoms with Crippen LogP contribution in [0.3, 0.4) is 0 Å². The fourth-order valence-corrected chi connectivity index (χ4v) is 2.52. The maximum atomic E-state index is 11.9. The molecule has 0 aromatic carbocycles. The zero-order chi connectivity index (χ0) is 14.5. The summed E-state index contributed by atoms with van der Waals surface area (Å²) in [5.74, 6) is 1.32. The summed E-state index contributed by atoms with van der Waals surface area (Å²) in [6.07, 6.45) is 3.12. The van der Waals surface area contributed by atoms with Crippen molar-refractivity contribution >= 4 is 6.03 Å². The van der Waals surface area contributed by atoms with Gasteiger partial charge in [0.1, 0.15) is 0 Å². The Morgan fingerprint density at radius 1 is 1.55 bits per heavy atom. The molecule has 1 saturated carbocycles. The number of carbonyl (C=O) groups is 1. The minimum Gasteiger partial charge on any atom is -0.393 e. The Kier molecular flexibility index (Phi) is 4.94. The van der Waals surface area contributed by atoms with E-state index in [1.54, 1.807) is 18.9 Å². The van der Waals surface area contributed by atoms with Crippen molar-refractivity contribution in [2.45, 2.75) is 38.7 Å². The maximum Gasteiger partial charge on any atom is 0.317 e. The highest BCUT2D eigenvalue weighted by Crippen LogP contribution is 2.25. The summed E-state index contributed by atoms with van der Waals surface area (Å²) in [5.41, 5.74) is 0. The monoisotopic (exact) mass is 282 g/mol. The van der Waals surface area contributed by atoms with E-state index in [1.165, 1.54) is 0 Å². The second kappa shape index (κ2) is 6.69. The molecule has 7 heteroatoms. The number of nitrogens with one attached hydrogen (secondary N) is 1. The highest BCUT2D eigenvalue weighted by atomic mass is 16.5. The zero-order valence-corrected chi connectivity index (χ0v) is 12.0. The number of aryl methyl sites for hydroxylation is 1. The number of aliphatic hydroxyl groups is 1.